The number of hydrogen-bond acceptors (Lipinski definition) is 16. The predicted molar refractivity (Wildman–Crippen MR) is 421 cm³/mol. The van der Waals surface area contributed by atoms with Gasteiger partial charge in [0.25, 0.3) is 0 Å². The topological polar surface area (TPSA) is 148 Å². The van der Waals surface area contributed by atoms with Crippen molar-refractivity contribution in [2.24, 2.45) is 0 Å². The zero-order chi connectivity index (χ0) is 55.1. The normalized spacial score (nSPS) is 8.93. The van der Waals surface area contributed by atoms with Crippen molar-refractivity contribution in [3.05, 3.63) is 25.7 Å². The van der Waals surface area contributed by atoms with Gasteiger partial charge in [0.15, 0.2) is 0 Å². The molecular weight excluding hydrogens is 1390 g/mol. The van der Waals surface area contributed by atoms with Crippen molar-refractivity contribution in [1.29, 1.82) is 0 Å². The molecule has 594 valence electrons. The molecule has 0 fully saturated rings. The minimum absolute atomic E-state index is 0. The van der Waals surface area contributed by atoms with E-state index in [9.17, 15) is 0 Å². The number of hydrogen-bond donors (Lipinski definition) is 0. The third-order valence-corrected chi connectivity index (χ3v) is 7.82. The zero-order valence-electron chi connectivity index (χ0n) is 50.3. The van der Waals surface area contributed by atoms with Gasteiger partial charge in [-0.05, 0) is 111 Å². The predicted octanol–water partition coefficient (Wildman–Crippen LogP) is 22.2. The van der Waals surface area contributed by atoms with Gasteiger partial charge in [0.05, 0.1) is 155 Å². The van der Waals surface area contributed by atoms with Crippen molar-refractivity contribution >= 4 is 0 Å². The molecule has 0 N–H and O–H groups in total. The van der Waals surface area contributed by atoms with E-state index in [1.54, 1.807) is 0 Å². The maximum atomic E-state index is 5.34. The van der Waals surface area contributed by atoms with Crippen molar-refractivity contribution in [2.75, 3.05) is 159 Å². The number of unbranched alkanes of at least 4 members (excludes halogenated alkanes) is 1. The molecule has 0 aromatic carbocycles. The van der Waals surface area contributed by atoms with Gasteiger partial charge in [-0.2, -0.15) is 0 Å². The van der Waals surface area contributed by atoms with Gasteiger partial charge in [-0.1, -0.05) is 221 Å². The fourth-order valence-corrected chi connectivity index (χ4v) is 4.27. The largest absolute Gasteiger partial charge is 4.00 e. The Hall–Kier alpha value is 0.412. The molecule has 0 aliphatic heterocycles. The van der Waals surface area contributed by atoms with Crippen LogP contribution in [0.4, 0.5) is 0 Å². The van der Waals surface area contributed by atoms with E-state index in [1.807, 2.05) is 136 Å². The van der Waals surface area contributed by atoms with Crippen LogP contribution in [0.1, 0.15) is 279 Å². The Balaban J connectivity index is -0.0000000259. The van der Waals surface area contributed by atoms with Crippen LogP contribution in [0.5, 0.6) is 0 Å². The van der Waals surface area contributed by atoms with Crippen LogP contribution in [0, 0.1) is 56.8 Å². The first-order chi connectivity index (χ1) is 34.4. The molecule has 0 aliphatic rings. The van der Waals surface area contributed by atoms with Crippen LogP contribution in [0.15, 0.2) is 0 Å². The van der Waals surface area contributed by atoms with Crippen LogP contribution < -0.4 is 0 Å². The second-order valence-electron chi connectivity index (χ2n) is 18.1. The molecule has 0 spiro atoms. The first-order valence-electron chi connectivity index (χ1n) is 27.2. The zero-order valence-corrected chi connectivity index (χ0v) is 54.5. The summed E-state index contributed by atoms with van der Waals surface area (Å²) in [6, 6.07) is 0. The molecule has 17 heteroatoms. The van der Waals surface area contributed by atoms with Gasteiger partial charge in [0.1, 0.15) is 0 Å². The SMILES string of the molecule is C.C.C.C.C.C.C.C.C.C.C.C.C.C.C.C.C.C.C.CC(C)OCCOC[CH-]COCCOC(C)C.CC(C)OCCOC[CH-]COCCOC(C)C.CC(C)OCCOC[CH-]COCCOC(C)C.CC(C)OCCOC[CH-]COCCOC(C)C.CCCC.[U+4]. The van der Waals surface area contributed by atoms with Gasteiger partial charge in [-0.15, -0.1) is 0 Å². The summed E-state index contributed by atoms with van der Waals surface area (Å²) in [6.07, 6.45) is 12.7. The molecule has 0 aliphatic carbocycles. The van der Waals surface area contributed by atoms with E-state index < -0.39 is 0 Å². The summed E-state index contributed by atoms with van der Waals surface area (Å²) in [5, 5.41) is 0. The van der Waals surface area contributed by atoms with Crippen LogP contribution in [-0.4, -0.2) is 207 Å². The van der Waals surface area contributed by atoms with E-state index in [-0.39, 0.29) is 221 Å². The summed E-state index contributed by atoms with van der Waals surface area (Å²) >= 11 is 0. The van der Waals surface area contributed by atoms with E-state index in [1.165, 1.54) is 12.8 Å². The molecule has 0 heterocycles. The molecule has 0 bridgehead atoms. The second kappa shape index (κ2) is 151. The van der Waals surface area contributed by atoms with Crippen LogP contribution in [0.25, 0.3) is 0 Å². The van der Waals surface area contributed by atoms with Gasteiger partial charge in [0, 0.05) is 0 Å². The Morgan fingerprint density at radius 1 is 0.174 bits per heavy atom. The maximum Gasteiger partial charge on any atom is 4.00 e. The van der Waals surface area contributed by atoms with Gasteiger partial charge in [-0.3, -0.25) is 25.7 Å². The smallest absolute Gasteiger partial charge is 0.411 e. The number of ether oxygens (including phenoxy) is 16. The molecule has 92 heavy (non-hydrogen) atoms. The van der Waals surface area contributed by atoms with Crippen molar-refractivity contribution in [3.8, 4) is 0 Å². The van der Waals surface area contributed by atoms with E-state index in [0.29, 0.717) is 159 Å². The summed E-state index contributed by atoms with van der Waals surface area (Å²) in [5.41, 5.74) is 0. The molecule has 0 atom stereocenters. The van der Waals surface area contributed by atoms with Crippen molar-refractivity contribution in [3.63, 3.8) is 0 Å². The second-order valence-corrected chi connectivity index (χ2v) is 18.1. The van der Waals surface area contributed by atoms with Gasteiger partial charge >= 0.3 is 31.1 Å². The fourth-order valence-electron chi connectivity index (χ4n) is 4.27. The molecule has 0 rings (SSSR count). The van der Waals surface area contributed by atoms with E-state index in [0.717, 1.165) is 0 Å². The average Bonchev–Trinajstić information content (AvgIpc) is 3.31. The summed E-state index contributed by atoms with van der Waals surface area (Å²) < 4.78 is 85.4. The summed E-state index contributed by atoms with van der Waals surface area (Å²) in [7, 11) is 0. The monoisotopic (exact) mass is 1590 g/mol. The van der Waals surface area contributed by atoms with Crippen molar-refractivity contribution < 1.29 is 107 Å². The quantitative estimate of drug-likeness (QED) is 0.0420. The standard InChI is InChI=1S/4C13H27O4.C4H10.19CH4.U/c4*1-12(2)16-10-8-14-6-5-7-15-9-11-17-13(3)4;1-3-4-2;;;;;;;;;;;;;;;;;;;;/h4*5,12-13H,6-11H2,1-4H3;3-4H2,1-2H3;19*1H4;/q4*-1;;;;;;;;;;;;;;;;;;;;;+4. The molecule has 0 saturated carbocycles. The van der Waals surface area contributed by atoms with Crippen LogP contribution in [-0.2, 0) is 75.8 Å². The minimum atomic E-state index is 0. The molecule has 0 unspecified atom stereocenters. The summed E-state index contributed by atoms with van der Waals surface area (Å²) in [6.45, 7) is 51.6. The molecule has 0 amide bonds. The first-order valence-corrected chi connectivity index (χ1v) is 27.2. The summed E-state index contributed by atoms with van der Waals surface area (Å²) in [5.74, 6) is 0. The van der Waals surface area contributed by atoms with Gasteiger partial charge in [0.2, 0.25) is 0 Å². The first kappa shape index (κ1) is 170. The molecule has 16 nitrogen and oxygen atoms in total. The molecular formula is C75H194O16U. The van der Waals surface area contributed by atoms with Crippen LogP contribution in [0.2, 0.25) is 0 Å². The Morgan fingerprint density at radius 2 is 0.261 bits per heavy atom. The Morgan fingerprint density at radius 3 is 0.326 bits per heavy atom. The molecule has 0 aromatic heterocycles. The Bertz CT molecular complexity index is 709. The Kier molecular flexibility index (Phi) is 278. The van der Waals surface area contributed by atoms with Crippen LogP contribution in [0.3, 0.4) is 0 Å². The van der Waals surface area contributed by atoms with Gasteiger partial charge in [-0.25, -0.2) is 0 Å². The average molecular weight is 1590 g/mol. The van der Waals surface area contributed by atoms with Gasteiger partial charge < -0.3 is 75.8 Å². The molecule has 0 saturated heterocycles. The molecule has 0 radical (unpaired) electrons. The maximum absolute atomic E-state index is 5.34. The Labute approximate surface area is 615 Å². The number of rotatable bonds is 49. The van der Waals surface area contributed by atoms with E-state index >= 15 is 0 Å². The van der Waals surface area contributed by atoms with Crippen molar-refractivity contribution in [2.45, 2.75) is 327 Å². The van der Waals surface area contributed by atoms with Crippen molar-refractivity contribution in [1.82, 2.24) is 0 Å². The third kappa shape index (κ3) is 219. The summed E-state index contributed by atoms with van der Waals surface area (Å²) in [4.78, 5) is 0. The van der Waals surface area contributed by atoms with Crippen LogP contribution >= 0.6 is 0 Å². The minimum Gasteiger partial charge on any atom is -0.411 e. The fraction of sp³-hybridized carbons (Fsp3) is 0.947. The van der Waals surface area contributed by atoms with E-state index in [2.05, 4.69) is 13.8 Å². The third-order valence-electron chi connectivity index (χ3n) is 7.82. The molecule has 0 aromatic rings. The van der Waals surface area contributed by atoms with E-state index in [4.69, 9.17) is 75.8 Å².